The molecule has 0 amide bonds. The molecule has 1 aromatic carbocycles. The molecule has 0 saturated heterocycles. The molecule has 0 spiro atoms. The molecule has 3 heteroatoms. The van der Waals surface area contributed by atoms with Crippen molar-refractivity contribution in [2.45, 2.75) is 51.7 Å². The first-order valence-corrected chi connectivity index (χ1v) is 7.14. The van der Waals surface area contributed by atoms with Gasteiger partial charge in [0.05, 0.1) is 11.7 Å². The lowest BCUT2D eigenvalue weighted by Gasteiger charge is -2.34. The number of benzene rings is 1. The highest BCUT2D eigenvalue weighted by molar-refractivity contribution is 5.61. The van der Waals surface area contributed by atoms with Crippen molar-refractivity contribution in [2.24, 2.45) is 0 Å². The standard InChI is InChI=1S/C16H26N2O/c1-11-14(8-9-17-5)19-15-7-6-12(16(2,3)4)10-13(15)18-11/h6-7,10-11,14,17-18H,8-9H2,1-5H3. The number of ether oxygens (including phenoxy) is 1. The molecule has 0 radical (unpaired) electrons. The van der Waals surface area contributed by atoms with Crippen molar-refractivity contribution in [2.75, 3.05) is 18.9 Å². The molecule has 106 valence electrons. The quantitative estimate of drug-likeness (QED) is 0.878. The van der Waals surface area contributed by atoms with Crippen molar-refractivity contribution in [3.8, 4) is 5.75 Å². The SMILES string of the molecule is CNCCC1Oc2ccc(C(C)(C)C)cc2NC1C. The summed E-state index contributed by atoms with van der Waals surface area (Å²) in [5, 5.41) is 6.76. The Morgan fingerprint density at radius 3 is 2.68 bits per heavy atom. The van der Waals surface area contributed by atoms with E-state index in [0.29, 0.717) is 6.04 Å². The monoisotopic (exact) mass is 262 g/mol. The molecule has 3 nitrogen and oxygen atoms in total. The molecular weight excluding hydrogens is 236 g/mol. The second kappa shape index (κ2) is 5.41. The summed E-state index contributed by atoms with van der Waals surface area (Å²) in [6.07, 6.45) is 1.26. The summed E-state index contributed by atoms with van der Waals surface area (Å²) in [5.41, 5.74) is 2.63. The average Bonchev–Trinajstić information content (AvgIpc) is 2.34. The van der Waals surface area contributed by atoms with E-state index in [0.717, 1.165) is 24.4 Å². The third-order valence-electron chi connectivity index (χ3n) is 3.74. The van der Waals surface area contributed by atoms with Crippen LogP contribution in [-0.2, 0) is 5.41 Å². The maximum absolute atomic E-state index is 6.11. The van der Waals surface area contributed by atoms with E-state index < -0.39 is 0 Å². The lowest BCUT2D eigenvalue weighted by Crippen LogP contribution is -2.40. The Balaban J connectivity index is 2.19. The normalized spacial score (nSPS) is 22.4. The lowest BCUT2D eigenvalue weighted by molar-refractivity contribution is 0.165. The number of hydrogen-bond donors (Lipinski definition) is 2. The fraction of sp³-hybridized carbons (Fsp3) is 0.625. The van der Waals surface area contributed by atoms with Gasteiger partial charge in [-0.2, -0.15) is 0 Å². The van der Waals surface area contributed by atoms with E-state index in [1.807, 2.05) is 7.05 Å². The van der Waals surface area contributed by atoms with E-state index in [1.165, 1.54) is 5.56 Å². The Morgan fingerprint density at radius 2 is 2.05 bits per heavy atom. The van der Waals surface area contributed by atoms with Crippen LogP contribution >= 0.6 is 0 Å². The molecule has 19 heavy (non-hydrogen) atoms. The largest absolute Gasteiger partial charge is 0.486 e. The highest BCUT2D eigenvalue weighted by atomic mass is 16.5. The Bertz CT molecular complexity index is 437. The summed E-state index contributed by atoms with van der Waals surface area (Å²) in [4.78, 5) is 0. The molecule has 2 atom stereocenters. The van der Waals surface area contributed by atoms with E-state index in [1.54, 1.807) is 0 Å². The van der Waals surface area contributed by atoms with Gasteiger partial charge in [-0.1, -0.05) is 26.8 Å². The Morgan fingerprint density at radius 1 is 1.32 bits per heavy atom. The van der Waals surface area contributed by atoms with Gasteiger partial charge in [-0.25, -0.2) is 0 Å². The predicted molar refractivity (Wildman–Crippen MR) is 81.2 cm³/mol. The topological polar surface area (TPSA) is 33.3 Å². The fourth-order valence-corrected chi connectivity index (χ4v) is 2.41. The Kier molecular flexibility index (Phi) is 4.04. The second-order valence-corrected chi connectivity index (χ2v) is 6.44. The third kappa shape index (κ3) is 3.21. The van der Waals surface area contributed by atoms with E-state index >= 15 is 0 Å². The average molecular weight is 262 g/mol. The van der Waals surface area contributed by atoms with Gasteiger partial charge >= 0.3 is 0 Å². The second-order valence-electron chi connectivity index (χ2n) is 6.44. The summed E-state index contributed by atoms with van der Waals surface area (Å²) in [6.45, 7) is 9.87. The highest BCUT2D eigenvalue weighted by Gasteiger charge is 2.26. The molecule has 0 aliphatic carbocycles. The zero-order chi connectivity index (χ0) is 14.0. The van der Waals surface area contributed by atoms with Crippen molar-refractivity contribution in [3.05, 3.63) is 23.8 Å². The van der Waals surface area contributed by atoms with Gasteiger partial charge in [-0.05, 0) is 50.0 Å². The first-order valence-electron chi connectivity index (χ1n) is 7.14. The van der Waals surface area contributed by atoms with Gasteiger partial charge in [-0.15, -0.1) is 0 Å². The molecule has 0 bridgehead atoms. The van der Waals surface area contributed by atoms with Crippen molar-refractivity contribution < 1.29 is 4.74 Å². The maximum atomic E-state index is 6.11. The Labute approximate surface area is 116 Å². The number of anilines is 1. The van der Waals surface area contributed by atoms with Crippen LogP contribution < -0.4 is 15.4 Å². The van der Waals surface area contributed by atoms with Crippen molar-refractivity contribution in [3.63, 3.8) is 0 Å². The summed E-state index contributed by atoms with van der Waals surface area (Å²) in [6, 6.07) is 6.84. The van der Waals surface area contributed by atoms with Crippen molar-refractivity contribution in [1.29, 1.82) is 0 Å². The Hall–Kier alpha value is -1.22. The molecular formula is C16H26N2O. The summed E-state index contributed by atoms with van der Waals surface area (Å²) in [5.74, 6) is 0.979. The van der Waals surface area contributed by atoms with Crippen molar-refractivity contribution in [1.82, 2.24) is 5.32 Å². The molecule has 2 unspecified atom stereocenters. The van der Waals surface area contributed by atoms with Crippen LogP contribution in [0.15, 0.2) is 18.2 Å². The van der Waals surface area contributed by atoms with Crippen LogP contribution in [0.5, 0.6) is 5.75 Å². The molecule has 0 aromatic heterocycles. The van der Waals surface area contributed by atoms with Crippen LogP contribution in [0.4, 0.5) is 5.69 Å². The van der Waals surface area contributed by atoms with E-state index in [4.69, 9.17) is 4.74 Å². The zero-order valence-electron chi connectivity index (χ0n) is 12.7. The first kappa shape index (κ1) is 14.2. The van der Waals surface area contributed by atoms with Gasteiger partial charge in [0, 0.05) is 0 Å². The number of nitrogens with one attached hydrogen (secondary N) is 2. The number of rotatable bonds is 3. The highest BCUT2D eigenvalue weighted by Crippen LogP contribution is 2.36. The molecule has 1 aliphatic rings. The molecule has 2 N–H and O–H groups in total. The molecule has 1 aliphatic heterocycles. The minimum atomic E-state index is 0.170. The van der Waals surface area contributed by atoms with Gasteiger partial charge < -0.3 is 15.4 Å². The molecule has 1 heterocycles. The molecule has 0 fully saturated rings. The van der Waals surface area contributed by atoms with E-state index in [2.05, 4.69) is 56.5 Å². The number of fused-ring (bicyclic) bond motifs is 1. The minimum Gasteiger partial charge on any atom is -0.486 e. The van der Waals surface area contributed by atoms with Crippen LogP contribution in [-0.4, -0.2) is 25.7 Å². The van der Waals surface area contributed by atoms with E-state index in [-0.39, 0.29) is 11.5 Å². The molecule has 1 aromatic rings. The first-order chi connectivity index (χ1) is 8.91. The van der Waals surface area contributed by atoms with Crippen LogP contribution in [0.3, 0.4) is 0 Å². The lowest BCUT2D eigenvalue weighted by atomic mass is 9.86. The third-order valence-corrected chi connectivity index (χ3v) is 3.74. The predicted octanol–water partition coefficient (Wildman–Crippen LogP) is 3.16. The van der Waals surface area contributed by atoms with Gasteiger partial charge in [0.25, 0.3) is 0 Å². The van der Waals surface area contributed by atoms with Crippen LogP contribution in [0.25, 0.3) is 0 Å². The molecule has 2 rings (SSSR count). The van der Waals surface area contributed by atoms with E-state index in [9.17, 15) is 0 Å². The zero-order valence-corrected chi connectivity index (χ0v) is 12.7. The van der Waals surface area contributed by atoms with Crippen molar-refractivity contribution >= 4 is 5.69 Å². The van der Waals surface area contributed by atoms with Crippen LogP contribution in [0.2, 0.25) is 0 Å². The van der Waals surface area contributed by atoms with Crippen LogP contribution in [0, 0.1) is 0 Å². The van der Waals surface area contributed by atoms with Gasteiger partial charge in [-0.3, -0.25) is 0 Å². The fourth-order valence-electron chi connectivity index (χ4n) is 2.41. The maximum Gasteiger partial charge on any atom is 0.142 e. The summed E-state index contributed by atoms with van der Waals surface area (Å²) in [7, 11) is 1.98. The summed E-state index contributed by atoms with van der Waals surface area (Å²) >= 11 is 0. The van der Waals surface area contributed by atoms with Gasteiger partial charge in [0.1, 0.15) is 11.9 Å². The molecule has 0 saturated carbocycles. The summed E-state index contributed by atoms with van der Waals surface area (Å²) < 4.78 is 6.11. The van der Waals surface area contributed by atoms with Gasteiger partial charge in [0.2, 0.25) is 0 Å². The van der Waals surface area contributed by atoms with Crippen LogP contribution in [0.1, 0.15) is 39.7 Å². The minimum absolute atomic E-state index is 0.170. The number of hydrogen-bond acceptors (Lipinski definition) is 3. The van der Waals surface area contributed by atoms with Gasteiger partial charge in [0.15, 0.2) is 0 Å². The smallest absolute Gasteiger partial charge is 0.142 e.